The number of nitrogens with one attached hydrogen (secondary N) is 3. The van der Waals surface area contributed by atoms with Gasteiger partial charge in [0.05, 0.1) is 34.8 Å². The molecule has 1 fully saturated rings. The number of thiophene rings is 1. The molecule has 1 saturated carbocycles. The summed E-state index contributed by atoms with van der Waals surface area (Å²) >= 11 is 1.78. The summed E-state index contributed by atoms with van der Waals surface area (Å²) in [5.41, 5.74) is 9.19. The van der Waals surface area contributed by atoms with Crippen LogP contribution in [0.25, 0.3) is 54.8 Å². The lowest BCUT2D eigenvalue weighted by Gasteiger charge is -2.28. The maximum atomic E-state index is 4.68. The molecule has 0 saturated heterocycles. The molecule has 6 nitrogen and oxygen atoms in total. The maximum Gasteiger partial charge on any atom is 0.116 e. The van der Waals surface area contributed by atoms with Crippen LogP contribution in [0.15, 0.2) is 79.5 Å². The lowest BCUT2D eigenvalue weighted by Crippen LogP contribution is -2.18. The molecule has 182 valence electrons. The Bertz CT molecular complexity index is 1780. The third-order valence-electron chi connectivity index (χ3n) is 7.34. The van der Waals surface area contributed by atoms with E-state index in [2.05, 4.69) is 86.4 Å². The van der Waals surface area contributed by atoms with Crippen molar-refractivity contribution in [1.82, 2.24) is 25.1 Å². The number of aromatic amines is 2. The Hall–Kier alpha value is -4.23. The van der Waals surface area contributed by atoms with Crippen LogP contribution in [0, 0.1) is 12.8 Å². The molecule has 7 rings (SSSR count). The van der Waals surface area contributed by atoms with Crippen molar-refractivity contribution in [3.63, 3.8) is 0 Å². The minimum absolute atomic E-state index is 0.573. The number of pyridine rings is 2. The van der Waals surface area contributed by atoms with Crippen LogP contribution in [0.2, 0.25) is 0 Å². The van der Waals surface area contributed by atoms with Crippen molar-refractivity contribution in [1.29, 1.82) is 0 Å². The number of aryl methyl sites for hydroxylation is 1. The Balaban J connectivity index is 1.26. The van der Waals surface area contributed by atoms with Gasteiger partial charge in [0.1, 0.15) is 5.69 Å². The summed E-state index contributed by atoms with van der Waals surface area (Å²) in [6, 6.07) is 15.0. The standard InChI is InChI=1S/C30H26N6S/c1-17-6-9-29(37-17)25-15-32-16-28-23(25)12-27(34-28)30-24-11-20(7-8-26(24)35-36-30)21-10-22(14-31-13-21)33-18(2)19-4-3-5-19/h6-16,19,33-34H,2-5H2,1H3,(H,35,36). The van der Waals surface area contributed by atoms with Crippen molar-refractivity contribution in [2.75, 3.05) is 5.32 Å². The lowest BCUT2D eigenvalue weighted by atomic mass is 9.83. The highest BCUT2D eigenvalue weighted by Gasteiger charge is 2.20. The van der Waals surface area contributed by atoms with Crippen LogP contribution in [0.1, 0.15) is 24.1 Å². The number of rotatable bonds is 6. The summed E-state index contributed by atoms with van der Waals surface area (Å²) in [6.45, 7) is 6.37. The monoisotopic (exact) mass is 502 g/mol. The fourth-order valence-corrected chi connectivity index (χ4v) is 5.96. The van der Waals surface area contributed by atoms with Crippen molar-refractivity contribution >= 4 is 38.8 Å². The molecule has 0 radical (unpaired) electrons. The summed E-state index contributed by atoms with van der Waals surface area (Å²) in [6.07, 6.45) is 11.3. The van der Waals surface area contributed by atoms with Gasteiger partial charge in [-0.15, -0.1) is 11.3 Å². The largest absolute Gasteiger partial charge is 0.358 e. The van der Waals surface area contributed by atoms with E-state index in [4.69, 9.17) is 0 Å². The number of benzene rings is 1. The number of nitrogens with zero attached hydrogens (tertiary/aromatic N) is 3. The van der Waals surface area contributed by atoms with Crippen molar-refractivity contribution in [2.24, 2.45) is 5.92 Å². The number of hydrogen-bond donors (Lipinski definition) is 3. The molecule has 5 aromatic heterocycles. The third-order valence-corrected chi connectivity index (χ3v) is 8.38. The SMILES string of the molecule is C=C(Nc1cncc(-c2ccc3[nH]nc(-c4cc5c(-c6ccc(C)s6)cncc5[nH]4)c3c2)c1)C1CCC1. The first kappa shape index (κ1) is 22.0. The molecule has 0 spiro atoms. The smallest absolute Gasteiger partial charge is 0.116 e. The Morgan fingerprint density at radius 1 is 0.946 bits per heavy atom. The highest BCUT2D eigenvalue weighted by Crippen LogP contribution is 2.37. The molecule has 6 aromatic rings. The number of H-pyrrole nitrogens is 2. The van der Waals surface area contributed by atoms with Gasteiger partial charge in [-0.05, 0) is 67.6 Å². The van der Waals surface area contributed by atoms with Gasteiger partial charge in [0.15, 0.2) is 0 Å². The molecular formula is C30H26N6S. The second-order valence-corrected chi connectivity index (χ2v) is 11.1. The minimum Gasteiger partial charge on any atom is -0.358 e. The van der Waals surface area contributed by atoms with Gasteiger partial charge < -0.3 is 10.3 Å². The zero-order valence-corrected chi connectivity index (χ0v) is 21.3. The number of hydrogen-bond acceptors (Lipinski definition) is 5. The van der Waals surface area contributed by atoms with E-state index in [1.807, 2.05) is 24.8 Å². The number of anilines is 1. The number of fused-ring (bicyclic) bond motifs is 2. The molecule has 7 heteroatoms. The molecule has 0 unspecified atom stereocenters. The van der Waals surface area contributed by atoms with E-state index in [-0.39, 0.29) is 0 Å². The van der Waals surface area contributed by atoms with Crippen LogP contribution in [0.4, 0.5) is 5.69 Å². The van der Waals surface area contributed by atoms with Crippen molar-refractivity contribution in [2.45, 2.75) is 26.2 Å². The maximum absolute atomic E-state index is 4.68. The molecule has 1 aliphatic carbocycles. The number of allylic oxidation sites excluding steroid dienone is 1. The second-order valence-electron chi connectivity index (χ2n) is 9.81. The Labute approximate surface area is 218 Å². The highest BCUT2D eigenvalue weighted by molar-refractivity contribution is 7.15. The summed E-state index contributed by atoms with van der Waals surface area (Å²) in [7, 11) is 0. The van der Waals surface area contributed by atoms with Gasteiger partial charge in [-0.3, -0.25) is 15.1 Å². The van der Waals surface area contributed by atoms with Crippen LogP contribution in [-0.4, -0.2) is 25.1 Å². The topological polar surface area (TPSA) is 82.3 Å². The predicted molar refractivity (Wildman–Crippen MR) is 153 cm³/mol. The van der Waals surface area contributed by atoms with Crippen molar-refractivity contribution < 1.29 is 0 Å². The van der Waals surface area contributed by atoms with Gasteiger partial charge in [0.2, 0.25) is 0 Å². The van der Waals surface area contributed by atoms with Gasteiger partial charge in [0, 0.05) is 49.7 Å². The number of aromatic nitrogens is 5. The molecule has 1 aliphatic rings. The van der Waals surface area contributed by atoms with E-state index in [1.54, 1.807) is 11.3 Å². The lowest BCUT2D eigenvalue weighted by molar-refractivity contribution is 0.371. The Morgan fingerprint density at radius 2 is 1.84 bits per heavy atom. The highest BCUT2D eigenvalue weighted by atomic mass is 32.1. The van der Waals surface area contributed by atoms with Crippen LogP contribution in [0.3, 0.4) is 0 Å². The first-order valence-corrected chi connectivity index (χ1v) is 13.4. The summed E-state index contributed by atoms with van der Waals surface area (Å²) in [5.74, 6) is 0.573. The fourth-order valence-electron chi connectivity index (χ4n) is 5.06. The average molecular weight is 503 g/mol. The molecular weight excluding hydrogens is 476 g/mol. The third kappa shape index (κ3) is 3.92. The van der Waals surface area contributed by atoms with Gasteiger partial charge >= 0.3 is 0 Å². The molecule has 5 heterocycles. The van der Waals surface area contributed by atoms with Gasteiger partial charge in [-0.2, -0.15) is 5.10 Å². The van der Waals surface area contributed by atoms with Crippen LogP contribution < -0.4 is 5.32 Å². The van der Waals surface area contributed by atoms with E-state index < -0.39 is 0 Å². The molecule has 0 atom stereocenters. The fraction of sp³-hybridized carbons (Fsp3) is 0.167. The van der Waals surface area contributed by atoms with Crippen LogP contribution in [-0.2, 0) is 0 Å². The summed E-state index contributed by atoms with van der Waals surface area (Å²) < 4.78 is 0. The van der Waals surface area contributed by atoms with E-state index in [9.17, 15) is 0 Å². The van der Waals surface area contributed by atoms with Gasteiger partial charge in [-0.1, -0.05) is 19.1 Å². The van der Waals surface area contributed by atoms with Crippen molar-refractivity contribution in [3.8, 4) is 33.0 Å². The molecule has 0 amide bonds. The minimum atomic E-state index is 0.573. The van der Waals surface area contributed by atoms with E-state index >= 15 is 0 Å². The summed E-state index contributed by atoms with van der Waals surface area (Å²) in [5, 5.41) is 13.6. The van der Waals surface area contributed by atoms with Gasteiger partial charge in [-0.25, -0.2) is 0 Å². The molecule has 0 aliphatic heterocycles. The van der Waals surface area contributed by atoms with Crippen molar-refractivity contribution in [3.05, 3.63) is 84.4 Å². The second kappa shape index (κ2) is 8.71. The molecule has 3 N–H and O–H groups in total. The molecule has 0 bridgehead atoms. The first-order valence-electron chi connectivity index (χ1n) is 12.6. The molecule has 37 heavy (non-hydrogen) atoms. The quantitative estimate of drug-likeness (QED) is 0.216. The van der Waals surface area contributed by atoms with Crippen LogP contribution >= 0.6 is 11.3 Å². The normalized spacial score (nSPS) is 13.8. The zero-order valence-electron chi connectivity index (χ0n) is 20.5. The average Bonchev–Trinajstić information content (AvgIpc) is 3.60. The predicted octanol–water partition coefficient (Wildman–Crippen LogP) is 7.93. The Morgan fingerprint density at radius 3 is 2.65 bits per heavy atom. The Kier molecular flexibility index (Phi) is 5.18. The zero-order chi connectivity index (χ0) is 24.9. The van der Waals surface area contributed by atoms with E-state index in [0.29, 0.717) is 5.92 Å². The van der Waals surface area contributed by atoms with Gasteiger partial charge in [0.25, 0.3) is 0 Å². The van der Waals surface area contributed by atoms with E-state index in [0.717, 1.165) is 61.3 Å². The van der Waals surface area contributed by atoms with E-state index in [1.165, 1.54) is 29.0 Å². The summed E-state index contributed by atoms with van der Waals surface area (Å²) in [4.78, 5) is 15.0. The van der Waals surface area contributed by atoms with Crippen LogP contribution in [0.5, 0.6) is 0 Å². The first-order chi connectivity index (χ1) is 18.1. The molecule has 1 aromatic carbocycles.